The summed E-state index contributed by atoms with van der Waals surface area (Å²) in [6.45, 7) is 0. The molecule has 4 rings (SSSR count). The van der Waals surface area contributed by atoms with E-state index in [4.69, 9.17) is 34.8 Å². The number of hydrogen-bond donors (Lipinski definition) is 1. The maximum absolute atomic E-state index is 10.7. The van der Waals surface area contributed by atoms with Gasteiger partial charge in [0.15, 0.2) is 0 Å². The molecule has 5 heteroatoms. The Balaban J connectivity index is 1.85. The van der Waals surface area contributed by atoms with Gasteiger partial charge in [-0.3, -0.25) is 0 Å². The molecule has 0 radical (unpaired) electrons. The third-order valence-corrected chi connectivity index (χ3v) is 5.38. The first-order valence-corrected chi connectivity index (χ1v) is 9.45. The SMILES string of the molecule is OC(c1ccc(Cl)cc1)c1ccc2nc(Cl)c(-c3ccccc3)c(Cl)c2c1. The average molecular weight is 415 g/mol. The second-order valence-corrected chi connectivity index (χ2v) is 7.36. The quantitative estimate of drug-likeness (QED) is 0.368. The van der Waals surface area contributed by atoms with Crippen molar-refractivity contribution in [3.8, 4) is 11.1 Å². The minimum absolute atomic E-state index is 0.352. The van der Waals surface area contributed by atoms with E-state index < -0.39 is 6.10 Å². The van der Waals surface area contributed by atoms with Crippen molar-refractivity contribution in [2.75, 3.05) is 0 Å². The first-order valence-electron chi connectivity index (χ1n) is 8.32. The Morgan fingerprint density at radius 3 is 2.15 bits per heavy atom. The molecule has 1 heterocycles. The van der Waals surface area contributed by atoms with E-state index in [1.807, 2.05) is 48.5 Å². The van der Waals surface area contributed by atoms with Crippen LogP contribution in [-0.4, -0.2) is 10.1 Å². The highest BCUT2D eigenvalue weighted by molar-refractivity contribution is 6.42. The molecule has 134 valence electrons. The molecule has 27 heavy (non-hydrogen) atoms. The molecule has 0 amide bonds. The van der Waals surface area contributed by atoms with E-state index in [0.29, 0.717) is 26.3 Å². The monoisotopic (exact) mass is 413 g/mol. The fourth-order valence-corrected chi connectivity index (χ4v) is 3.89. The molecule has 1 aromatic heterocycles. The molecule has 0 bridgehead atoms. The lowest BCUT2D eigenvalue weighted by molar-refractivity contribution is 0.220. The lowest BCUT2D eigenvalue weighted by atomic mass is 9.98. The molecule has 4 aromatic rings. The van der Waals surface area contributed by atoms with Gasteiger partial charge in [0.05, 0.1) is 10.5 Å². The van der Waals surface area contributed by atoms with Gasteiger partial charge >= 0.3 is 0 Å². The van der Waals surface area contributed by atoms with Crippen LogP contribution in [0.5, 0.6) is 0 Å². The molecule has 0 saturated carbocycles. The van der Waals surface area contributed by atoms with Crippen molar-refractivity contribution >= 4 is 45.7 Å². The zero-order chi connectivity index (χ0) is 19.0. The second-order valence-electron chi connectivity index (χ2n) is 6.19. The van der Waals surface area contributed by atoms with Crippen LogP contribution in [0.15, 0.2) is 72.8 Å². The average Bonchev–Trinajstić information content (AvgIpc) is 2.69. The normalized spacial score (nSPS) is 12.3. The van der Waals surface area contributed by atoms with E-state index in [1.54, 1.807) is 24.3 Å². The van der Waals surface area contributed by atoms with E-state index in [1.165, 1.54) is 0 Å². The van der Waals surface area contributed by atoms with E-state index in [2.05, 4.69) is 4.98 Å². The minimum Gasteiger partial charge on any atom is -0.384 e. The van der Waals surface area contributed by atoms with Crippen molar-refractivity contribution < 1.29 is 5.11 Å². The smallest absolute Gasteiger partial charge is 0.139 e. The van der Waals surface area contributed by atoms with Crippen LogP contribution in [0.3, 0.4) is 0 Å². The summed E-state index contributed by atoms with van der Waals surface area (Å²) in [7, 11) is 0. The Morgan fingerprint density at radius 2 is 1.44 bits per heavy atom. The summed E-state index contributed by atoms with van der Waals surface area (Å²) in [6, 6.07) is 22.3. The van der Waals surface area contributed by atoms with Crippen LogP contribution in [0, 0.1) is 0 Å². The number of nitrogens with zero attached hydrogens (tertiary/aromatic N) is 1. The first kappa shape index (κ1) is 18.3. The molecular formula is C22H14Cl3NO. The van der Waals surface area contributed by atoms with Gasteiger partial charge in [0.25, 0.3) is 0 Å². The standard InChI is InChI=1S/C22H14Cl3NO/c23-16-9-6-14(7-10-16)21(27)15-8-11-18-17(12-15)20(24)19(22(25)26-18)13-4-2-1-3-5-13/h1-12,21,27H. The van der Waals surface area contributed by atoms with Gasteiger partial charge in [0, 0.05) is 16.0 Å². The zero-order valence-corrected chi connectivity index (χ0v) is 16.3. The van der Waals surface area contributed by atoms with Crippen molar-refractivity contribution in [3.05, 3.63) is 99.1 Å². The zero-order valence-electron chi connectivity index (χ0n) is 14.0. The van der Waals surface area contributed by atoms with Gasteiger partial charge in [-0.15, -0.1) is 0 Å². The summed E-state index contributed by atoms with van der Waals surface area (Å²) >= 11 is 19.0. The Morgan fingerprint density at radius 1 is 0.778 bits per heavy atom. The Bertz CT molecular complexity index is 1110. The summed E-state index contributed by atoms with van der Waals surface area (Å²) in [6.07, 6.45) is -0.793. The van der Waals surface area contributed by atoms with Crippen molar-refractivity contribution in [2.45, 2.75) is 6.10 Å². The van der Waals surface area contributed by atoms with E-state index >= 15 is 0 Å². The maximum Gasteiger partial charge on any atom is 0.139 e. The topological polar surface area (TPSA) is 33.1 Å². The first-order chi connectivity index (χ1) is 13.0. The largest absolute Gasteiger partial charge is 0.384 e. The van der Waals surface area contributed by atoms with Gasteiger partial charge in [-0.2, -0.15) is 0 Å². The van der Waals surface area contributed by atoms with Crippen LogP contribution in [0.4, 0.5) is 0 Å². The Hall–Kier alpha value is -2.10. The van der Waals surface area contributed by atoms with Gasteiger partial charge in [-0.1, -0.05) is 83.3 Å². The van der Waals surface area contributed by atoms with Crippen LogP contribution >= 0.6 is 34.8 Å². The summed E-state index contributed by atoms with van der Waals surface area (Å²) < 4.78 is 0. The van der Waals surface area contributed by atoms with Gasteiger partial charge in [-0.05, 0) is 41.0 Å². The Labute approximate surface area is 172 Å². The predicted molar refractivity (Wildman–Crippen MR) is 113 cm³/mol. The maximum atomic E-state index is 10.7. The van der Waals surface area contributed by atoms with E-state index in [-0.39, 0.29) is 0 Å². The molecular weight excluding hydrogens is 401 g/mol. The van der Waals surface area contributed by atoms with E-state index in [9.17, 15) is 5.11 Å². The fourth-order valence-electron chi connectivity index (χ4n) is 3.07. The predicted octanol–water partition coefficient (Wildman–Crippen LogP) is 6.94. The van der Waals surface area contributed by atoms with Crippen molar-refractivity contribution in [1.82, 2.24) is 4.98 Å². The number of fused-ring (bicyclic) bond motifs is 1. The van der Waals surface area contributed by atoms with E-state index in [0.717, 1.165) is 22.1 Å². The van der Waals surface area contributed by atoms with Crippen LogP contribution in [0.2, 0.25) is 15.2 Å². The lowest BCUT2D eigenvalue weighted by Gasteiger charge is -2.15. The number of aliphatic hydroxyl groups excluding tert-OH is 1. The molecule has 0 fully saturated rings. The lowest BCUT2D eigenvalue weighted by Crippen LogP contribution is -2.00. The van der Waals surface area contributed by atoms with Gasteiger partial charge in [-0.25, -0.2) is 4.98 Å². The highest BCUT2D eigenvalue weighted by atomic mass is 35.5. The Kier molecular flexibility index (Phi) is 5.07. The molecule has 0 aliphatic rings. The highest BCUT2D eigenvalue weighted by Crippen LogP contribution is 2.39. The number of pyridine rings is 1. The summed E-state index contributed by atoms with van der Waals surface area (Å²) in [5.41, 5.74) is 3.72. The molecule has 0 aliphatic carbocycles. The summed E-state index contributed by atoms with van der Waals surface area (Å²) in [5, 5.41) is 13.0. The molecule has 0 saturated heterocycles. The second kappa shape index (κ2) is 7.49. The number of aliphatic hydroxyl groups is 1. The molecule has 0 spiro atoms. The molecule has 2 nitrogen and oxygen atoms in total. The van der Waals surface area contributed by atoms with Gasteiger partial charge in [0.2, 0.25) is 0 Å². The van der Waals surface area contributed by atoms with Crippen molar-refractivity contribution in [2.24, 2.45) is 0 Å². The molecule has 3 aromatic carbocycles. The van der Waals surface area contributed by atoms with Crippen LogP contribution in [0.1, 0.15) is 17.2 Å². The highest BCUT2D eigenvalue weighted by Gasteiger charge is 2.17. The summed E-state index contributed by atoms with van der Waals surface area (Å²) in [4.78, 5) is 4.48. The summed E-state index contributed by atoms with van der Waals surface area (Å²) in [5.74, 6) is 0. The van der Waals surface area contributed by atoms with Gasteiger partial charge in [0.1, 0.15) is 11.3 Å². The number of benzene rings is 3. The van der Waals surface area contributed by atoms with Crippen molar-refractivity contribution in [3.63, 3.8) is 0 Å². The fraction of sp³-hybridized carbons (Fsp3) is 0.0455. The third-order valence-electron chi connectivity index (χ3n) is 4.47. The van der Waals surface area contributed by atoms with Crippen LogP contribution in [0.25, 0.3) is 22.0 Å². The van der Waals surface area contributed by atoms with Crippen LogP contribution in [-0.2, 0) is 0 Å². The molecule has 1 unspecified atom stereocenters. The van der Waals surface area contributed by atoms with Gasteiger partial charge < -0.3 is 5.11 Å². The minimum atomic E-state index is -0.793. The van der Waals surface area contributed by atoms with Crippen molar-refractivity contribution in [1.29, 1.82) is 0 Å². The molecule has 0 aliphatic heterocycles. The molecule has 1 N–H and O–H groups in total. The number of rotatable bonds is 3. The number of hydrogen-bond acceptors (Lipinski definition) is 2. The number of halogens is 3. The van der Waals surface area contributed by atoms with Crippen LogP contribution < -0.4 is 0 Å². The number of aromatic nitrogens is 1. The third kappa shape index (κ3) is 3.54. The molecule has 1 atom stereocenters.